The molecule has 456 valence electrons. The minimum absolute atomic E-state index is 0.00218. The highest BCUT2D eigenvalue weighted by Crippen LogP contribution is 2.34. The van der Waals surface area contributed by atoms with Crippen molar-refractivity contribution in [2.24, 2.45) is 5.73 Å². The van der Waals surface area contributed by atoms with E-state index in [1.807, 2.05) is 20.8 Å². The fourth-order valence-corrected chi connectivity index (χ4v) is 8.33. The summed E-state index contributed by atoms with van der Waals surface area (Å²) in [6.07, 6.45) is -1.62. The van der Waals surface area contributed by atoms with Gasteiger partial charge in [0.15, 0.2) is 0 Å². The number of halogens is 8. The van der Waals surface area contributed by atoms with E-state index in [1.165, 1.54) is 70.7 Å². The summed E-state index contributed by atoms with van der Waals surface area (Å²) < 4.78 is 75.6. The number of ketones is 1. The largest absolute Gasteiger partial charge is 0.395 e. The van der Waals surface area contributed by atoms with Crippen LogP contribution in [0.15, 0.2) is 123 Å². The number of aromatic nitrogens is 10. The number of anilines is 5. The molecular formula is C52H53Cl2F6N17O9. The number of nitrogens with one attached hydrogen (secondary N) is 6. The first-order chi connectivity index (χ1) is 40.2. The molecule has 0 fully saturated rings. The van der Waals surface area contributed by atoms with Gasteiger partial charge in [-0.1, -0.05) is 37.0 Å². The van der Waals surface area contributed by atoms with Crippen LogP contribution in [0, 0.1) is 0 Å². The number of carbonyl (C=O) groups excluding carboxylic acids is 5. The van der Waals surface area contributed by atoms with Crippen LogP contribution in [-0.2, 0) is 21.8 Å². The highest BCUT2D eigenvalue weighted by Gasteiger charge is 2.48. The van der Waals surface area contributed by atoms with Crippen LogP contribution in [0.3, 0.4) is 0 Å². The van der Waals surface area contributed by atoms with Crippen LogP contribution in [-0.4, -0.2) is 90.4 Å². The average Bonchev–Trinajstić information content (AvgIpc) is 1.65. The van der Waals surface area contributed by atoms with Crippen molar-refractivity contribution in [1.29, 1.82) is 0 Å². The summed E-state index contributed by atoms with van der Waals surface area (Å²) >= 11 is 11.1. The number of fused-ring (bicyclic) bond motifs is 3. The zero-order valence-electron chi connectivity index (χ0n) is 46.0. The second-order valence-corrected chi connectivity index (χ2v) is 19.7. The molecule has 0 saturated heterocycles. The lowest BCUT2D eigenvalue weighted by Gasteiger charge is -2.28. The van der Waals surface area contributed by atoms with Gasteiger partial charge in [-0.3, -0.25) is 56.9 Å². The van der Waals surface area contributed by atoms with Gasteiger partial charge in [0.05, 0.1) is 6.42 Å². The van der Waals surface area contributed by atoms with Crippen molar-refractivity contribution < 1.29 is 50.3 Å². The third-order valence-electron chi connectivity index (χ3n) is 12.3. The quantitative estimate of drug-likeness (QED) is 0.0768. The Morgan fingerprint density at radius 1 is 0.570 bits per heavy atom. The maximum Gasteiger partial charge on any atom is 0.395 e. The molecule has 0 aliphatic carbocycles. The molecule has 0 aromatic carbocycles. The lowest BCUT2D eigenvalue weighted by molar-refractivity contribution is -0.155. The molecule has 10 heterocycles. The number of rotatable bonds is 9. The van der Waals surface area contributed by atoms with Gasteiger partial charge in [0, 0.05) is 18.6 Å². The molecule has 0 spiro atoms. The summed E-state index contributed by atoms with van der Waals surface area (Å²) in [6, 6.07) is 16.4. The standard InChI is InChI=1S/C14H12F3N5O2.C14H15N5O2.C10H11ClN2O2.C6H5ClN2O2.C4H5F3O.C4H5N3/c1-13(6-14(15,16)17)21-11(23)9-3-2-8(12(24)22(9)13)20-10-4-5-18-7-19-10;1-3-14(2)18-12(20)10-5-4-9(13(21)19(10)14)17-11-6-7-15-8-16-11;1-3-10(2)12-8(14)7-5-4-6(11)9(15)13(7)10;7-3-1-2-4(5(8)10)9-6(3)11;1-3(8)2-4(5,6)7;5-4-1-2-6-3-7-4/h2-5,7H,6H2,1H3,(H,21,23)(H,18,19,20);4-8H,3H2,1-2H3,(H,18,20)(H,15,16,17);4-5H,3H2,1-2H3,(H,12,14);1-2H,(H2,8,10)(H,9,11);2H2,1H3;1-3H,(H2,5,6,7). The number of carbonyl (C=O) groups is 5. The summed E-state index contributed by atoms with van der Waals surface area (Å²) in [4.78, 5) is 128. The number of nitrogen functional groups attached to an aromatic ring is 1. The van der Waals surface area contributed by atoms with Crippen molar-refractivity contribution >= 4 is 81.4 Å². The molecule has 3 atom stereocenters. The molecule has 4 amide bonds. The van der Waals surface area contributed by atoms with E-state index in [0.29, 0.717) is 47.4 Å². The third kappa shape index (κ3) is 17.1. The fourth-order valence-electron chi connectivity index (χ4n) is 8.07. The maximum atomic E-state index is 12.9. The van der Waals surface area contributed by atoms with E-state index in [9.17, 15) is 69.5 Å². The van der Waals surface area contributed by atoms with Gasteiger partial charge in [-0.2, -0.15) is 26.3 Å². The molecule has 7 aromatic heterocycles. The minimum Gasteiger partial charge on any atom is -0.384 e. The Morgan fingerprint density at radius 2 is 0.977 bits per heavy atom. The van der Waals surface area contributed by atoms with E-state index in [2.05, 4.69) is 61.5 Å². The number of H-pyrrole nitrogens is 1. The Kier molecular flexibility index (Phi) is 21.6. The second-order valence-electron chi connectivity index (χ2n) is 18.9. The van der Waals surface area contributed by atoms with Crippen LogP contribution in [0.1, 0.15) is 109 Å². The number of primary amides is 1. The molecular weight excluding hydrogens is 1190 g/mol. The number of nitrogens with two attached hydrogens (primary N) is 2. The summed E-state index contributed by atoms with van der Waals surface area (Å²) in [5.41, 5.74) is 6.04. The Morgan fingerprint density at radius 3 is 1.31 bits per heavy atom. The topological polar surface area (TPSA) is 374 Å². The molecule has 0 radical (unpaired) electrons. The first-order valence-electron chi connectivity index (χ1n) is 25.0. The predicted molar refractivity (Wildman–Crippen MR) is 301 cm³/mol. The molecule has 86 heavy (non-hydrogen) atoms. The molecule has 10 rings (SSSR count). The van der Waals surface area contributed by atoms with Crippen LogP contribution < -0.4 is 60.3 Å². The number of nitrogens with zero attached hydrogens (tertiary/aromatic N) is 9. The maximum absolute atomic E-state index is 12.9. The average molecular weight is 1240 g/mol. The van der Waals surface area contributed by atoms with Gasteiger partial charge in [0.1, 0.15) is 110 Å². The van der Waals surface area contributed by atoms with Crippen molar-refractivity contribution in [3.63, 3.8) is 0 Å². The Hall–Kier alpha value is -9.85. The lowest BCUT2D eigenvalue weighted by atomic mass is 10.1. The van der Waals surface area contributed by atoms with Gasteiger partial charge in [0.2, 0.25) is 0 Å². The molecule has 3 aliphatic rings. The van der Waals surface area contributed by atoms with Crippen molar-refractivity contribution in [1.82, 2.24) is 64.5 Å². The number of pyridine rings is 4. The zero-order chi connectivity index (χ0) is 64.1. The summed E-state index contributed by atoms with van der Waals surface area (Å²) in [5, 5.41) is 13.7. The van der Waals surface area contributed by atoms with Crippen LogP contribution in [0.5, 0.6) is 0 Å². The van der Waals surface area contributed by atoms with Crippen molar-refractivity contribution in [3.8, 4) is 0 Å². The molecule has 3 unspecified atom stereocenters. The number of alkyl halides is 6. The number of hydrogen-bond acceptors (Lipinski definition) is 18. The van der Waals surface area contributed by atoms with E-state index in [-0.39, 0.29) is 50.1 Å². The second kappa shape index (κ2) is 27.7. The van der Waals surface area contributed by atoms with Crippen molar-refractivity contribution in [2.75, 3.05) is 16.4 Å². The van der Waals surface area contributed by atoms with Crippen LogP contribution in [0.4, 0.5) is 55.2 Å². The van der Waals surface area contributed by atoms with Gasteiger partial charge in [-0.25, -0.2) is 29.9 Å². The number of amides is 4. The van der Waals surface area contributed by atoms with Crippen LogP contribution in [0.25, 0.3) is 0 Å². The summed E-state index contributed by atoms with van der Waals surface area (Å²) in [5.74, 6) is -1.38. The monoisotopic (exact) mass is 1240 g/mol. The van der Waals surface area contributed by atoms with E-state index >= 15 is 0 Å². The highest BCUT2D eigenvalue weighted by atomic mass is 35.5. The molecule has 34 heteroatoms. The van der Waals surface area contributed by atoms with Crippen molar-refractivity contribution in [2.45, 2.75) is 96.6 Å². The summed E-state index contributed by atoms with van der Waals surface area (Å²) in [6.45, 7) is 9.53. The molecule has 0 saturated carbocycles. The molecule has 10 N–H and O–H groups in total. The Bertz CT molecular complexity index is 3880. The van der Waals surface area contributed by atoms with E-state index in [4.69, 9.17) is 34.7 Å². The molecule has 3 aliphatic heterocycles. The van der Waals surface area contributed by atoms with Crippen LogP contribution in [0.2, 0.25) is 10.0 Å². The molecule has 7 aromatic rings. The SMILES string of the molecule is CC(=O)CC(F)(F)F.CC1(CC(F)(F)F)NC(=O)c2ccc(Nc3ccncn3)c(=O)n21.CCC1(C)NC(=O)c2ccc(Cl)c(=O)n21.CCC1(C)NC(=O)c2ccc(Nc3ccncn3)c(=O)n21.NC(=O)c1ccc(Cl)c(=O)[nH]1.Nc1ccncn1. The number of Topliss-reactive ketones (excluding diaryl/α,β-unsaturated/α-hetero) is 1. The van der Waals surface area contributed by atoms with Gasteiger partial charge in [-0.15, -0.1) is 0 Å². The minimum atomic E-state index is -4.56. The highest BCUT2D eigenvalue weighted by molar-refractivity contribution is 6.30. The van der Waals surface area contributed by atoms with Crippen molar-refractivity contribution in [3.05, 3.63) is 179 Å². The summed E-state index contributed by atoms with van der Waals surface area (Å²) in [7, 11) is 0. The van der Waals surface area contributed by atoms with Gasteiger partial charge in [0.25, 0.3) is 45.9 Å². The lowest BCUT2D eigenvalue weighted by Crippen LogP contribution is -2.47. The van der Waals surface area contributed by atoms with E-state index in [1.54, 1.807) is 49.6 Å². The fraction of sp³-hybridized carbons (Fsp3) is 0.288. The Labute approximate surface area is 491 Å². The zero-order valence-corrected chi connectivity index (χ0v) is 47.5. The Balaban J connectivity index is 0.000000199. The van der Waals surface area contributed by atoms with E-state index < -0.39 is 70.9 Å². The van der Waals surface area contributed by atoms with Gasteiger partial charge >= 0.3 is 12.4 Å². The normalized spacial score (nSPS) is 17.5. The van der Waals surface area contributed by atoms with Gasteiger partial charge in [-0.05, 0) is 107 Å². The molecule has 26 nitrogen and oxygen atoms in total. The first-order valence-corrected chi connectivity index (χ1v) is 25.7. The van der Waals surface area contributed by atoms with Crippen LogP contribution >= 0.6 is 23.2 Å². The third-order valence-corrected chi connectivity index (χ3v) is 12.9. The number of aromatic amines is 1. The van der Waals surface area contributed by atoms with Gasteiger partial charge < -0.3 is 43.0 Å². The smallest absolute Gasteiger partial charge is 0.384 e. The van der Waals surface area contributed by atoms with E-state index in [0.717, 1.165) is 18.4 Å². The predicted octanol–water partition coefficient (Wildman–Crippen LogP) is 6.00. The first kappa shape index (κ1) is 66.9. The molecule has 0 bridgehead atoms. The number of hydrogen-bond donors (Lipinski definition) is 8.